The van der Waals surface area contributed by atoms with Crippen LogP contribution in [0.5, 0.6) is 5.75 Å². The Balaban J connectivity index is 2.38. The second-order valence-corrected chi connectivity index (χ2v) is 2.94. The van der Waals surface area contributed by atoms with Gasteiger partial charge in [0.1, 0.15) is 11.8 Å². The quantitative estimate of drug-likeness (QED) is 0.633. The van der Waals surface area contributed by atoms with Crippen LogP contribution in [-0.4, -0.2) is 11.4 Å². The molecule has 3 rings (SSSR count). The molecule has 1 aliphatic heterocycles. The smallest absolute Gasteiger partial charge is 0.177 e. The molecule has 0 radical (unpaired) electrons. The van der Waals surface area contributed by atoms with Gasteiger partial charge in [-0.15, -0.1) is 0 Å². The van der Waals surface area contributed by atoms with E-state index in [1.165, 1.54) is 0 Å². The number of benzene rings is 1. The molecule has 0 saturated heterocycles. The molecule has 0 spiro atoms. The molecule has 0 saturated carbocycles. The number of oxime groups is 1. The molecule has 1 aromatic carbocycles. The average molecular weight is 186 g/mol. The van der Waals surface area contributed by atoms with Crippen molar-refractivity contribution in [2.45, 2.75) is 0 Å². The van der Waals surface area contributed by atoms with Crippen LogP contribution < -0.4 is 4.84 Å². The molecule has 14 heavy (non-hydrogen) atoms. The highest BCUT2D eigenvalue weighted by atomic mass is 16.6. The van der Waals surface area contributed by atoms with Crippen LogP contribution in [0.25, 0.3) is 17.0 Å². The summed E-state index contributed by atoms with van der Waals surface area (Å²) in [5.41, 5.74) is 1.74. The zero-order chi connectivity index (χ0) is 9.38. The molecular formula is C10H6N2O2. The molecule has 4 nitrogen and oxygen atoms in total. The first-order valence-electron chi connectivity index (χ1n) is 4.19. The summed E-state index contributed by atoms with van der Waals surface area (Å²) in [6.45, 7) is 0. The number of hydrogen-bond donors (Lipinski definition) is 0. The maximum Gasteiger partial charge on any atom is 0.177 e. The third-order valence-electron chi connectivity index (χ3n) is 2.09. The summed E-state index contributed by atoms with van der Waals surface area (Å²) in [6, 6.07) is 3.81. The number of rotatable bonds is 0. The molecule has 0 fully saturated rings. The monoisotopic (exact) mass is 186 g/mol. The van der Waals surface area contributed by atoms with Crippen LogP contribution in [0.4, 0.5) is 0 Å². The van der Waals surface area contributed by atoms with Crippen molar-refractivity contribution in [3.8, 4) is 5.75 Å². The van der Waals surface area contributed by atoms with E-state index in [0.29, 0.717) is 5.75 Å². The lowest BCUT2D eigenvalue weighted by molar-refractivity contribution is 0.348. The van der Waals surface area contributed by atoms with E-state index in [4.69, 9.17) is 9.36 Å². The molecule has 1 aliphatic rings. The van der Waals surface area contributed by atoms with Crippen molar-refractivity contribution in [1.29, 1.82) is 0 Å². The van der Waals surface area contributed by atoms with Gasteiger partial charge in [-0.05, 0) is 24.3 Å². The van der Waals surface area contributed by atoms with Crippen molar-refractivity contribution in [2.75, 3.05) is 0 Å². The van der Waals surface area contributed by atoms with Crippen LogP contribution in [0.3, 0.4) is 0 Å². The van der Waals surface area contributed by atoms with Crippen LogP contribution in [0, 0.1) is 0 Å². The molecule has 0 bridgehead atoms. The first-order chi connectivity index (χ1) is 6.95. The fourth-order valence-corrected chi connectivity index (χ4v) is 1.43. The summed E-state index contributed by atoms with van der Waals surface area (Å²) in [5.74, 6) is 0.689. The van der Waals surface area contributed by atoms with Crippen molar-refractivity contribution in [3.05, 3.63) is 30.0 Å². The fraction of sp³-hybridized carbons (Fsp3) is 0. The minimum atomic E-state index is 0.689. The molecule has 0 N–H and O–H groups in total. The SMILES string of the molecule is C1=Cc2ccc3nocc3c2ON=C1. The van der Waals surface area contributed by atoms with E-state index in [1.54, 1.807) is 12.5 Å². The summed E-state index contributed by atoms with van der Waals surface area (Å²) in [5, 5.41) is 8.43. The molecule has 1 aromatic heterocycles. The Kier molecular flexibility index (Phi) is 1.41. The summed E-state index contributed by atoms with van der Waals surface area (Å²) in [4.78, 5) is 5.23. The third-order valence-corrected chi connectivity index (χ3v) is 2.09. The van der Waals surface area contributed by atoms with E-state index < -0.39 is 0 Å². The van der Waals surface area contributed by atoms with Gasteiger partial charge in [-0.25, -0.2) is 0 Å². The molecule has 68 valence electrons. The Bertz CT molecular complexity index is 540. The average Bonchev–Trinajstić information content (AvgIpc) is 2.55. The highest BCUT2D eigenvalue weighted by Crippen LogP contribution is 2.31. The van der Waals surface area contributed by atoms with E-state index in [9.17, 15) is 0 Å². The Morgan fingerprint density at radius 1 is 1.21 bits per heavy atom. The minimum Gasteiger partial charge on any atom is -0.363 e. The number of nitrogens with zero attached hydrogens (tertiary/aromatic N) is 2. The zero-order valence-corrected chi connectivity index (χ0v) is 7.18. The first kappa shape index (κ1) is 7.32. The van der Waals surface area contributed by atoms with Crippen molar-refractivity contribution < 1.29 is 9.36 Å². The van der Waals surface area contributed by atoms with E-state index in [0.717, 1.165) is 16.5 Å². The highest BCUT2D eigenvalue weighted by molar-refractivity contribution is 5.91. The van der Waals surface area contributed by atoms with E-state index >= 15 is 0 Å². The lowest BCUT2D eigenvalue weighted by atomic mass is 10.1. The standard InChI is InChI=1S/C10H6N2O2/c1-2-7-3-4-9-8(6-13-12-9)10(7)14-11-5-1/h1-6H. The number of fused-ring (bicyclic) bond motifs is 3. The van der Waals surface area contributed by atoms with Crippen LogP contribution >= 0.6 is 0 Å². The maximum absolute atomic E-state index is 5.23. The highest BCUT2D eigenvalue weighted by Gasteiger charge is 2.11. The lowest BCUT2D eigenvalue weighted by Gasteiger charge is -2.01. The van der Waals surface area contributed by atoms with Crippen LogP contribution in [0.2, 0.25) is 0 Å². The molecule has 2 heterocycles. The van der Waals surface area contributed by atoms with Gasteiger partial charge in [-0.3, -0.25) is 0 Å². The molecule has 2 aromatic rings. The molecular weight excluding hydrogens is 180 g/mol. The van der Waals surface area contributed by atoms with Crippen LogP contribution in [-0.2, 0) is 0 Å². The Morgan fingerprint density at radius 3 is 3.21 bits per heavy atom. The van der Waals surface area contributed by atoms with Crippen LogP contribution in [0.1, 0.15) is 5.56 Å². The predicted octanol–water partition coefficient (Wildman–Crippen LogP) is 2.22. The van der Waals surface area contributed by atoms with Gasteiger partial charge >= 0.3 is 0 Å². The molecule has 0 atom stereocenters. The van der Waals surface area contributed by atoms with Gasteiger partial charge in [-0.1, -0.05) is 10.3 Å². The number of aromatic nitrogens is 1. The van der Waals surface area contributed by atoms with Crippen molar-refractivity contribution in [3.63, 3.8) is 0 Å². The van der Waals surface area contributed by atoms with E-state index in [2.05, 4.69) is 10.3 Å². The largest absolute Gasteiger partial charge is 0.363 e. The van der Waals surface area contributed by atoms with Gasteiger partial charge in [0.05, 0.1) is 11.6 Å². The van der Waals surface area contributed by atoms with E-state index in [1.807, 2.05) is 24.3 Å². The summed E-state index contributed by atoms with van der Waals surface area (Å²) < 4.78 is 4.87. The Hall–Kier alpha value is -2.10. The van der Waals surface area contributed by atoms with Crippen molar-refractivity contribution in [2.24, 2.45) is 5.16 Å². The fourth-order valence-electron chi connectivity index (χ4n) is 1.43. The molecule has 0 aliphatic carbocycles. The topological polar surface area (TPSA) is 47.6 Å². The maximum atomic E-state index is 5.23. The van der Waals surface area contributed by atoms with Gasteiger partial charge in [0.15, 0.2) is 5.75 Å². The number of hydrogen-bond acceptors (Lipinski definition) is 4. The summed E-state index contributed by atoms with van der Waals surface area (Å²) in [7, 11) is 0. The lowest BCUT2D eigenvalue weighted by Crippen LogP contribution is -1.85. The second-order valence-electron chi connectivity index (χ2n) is 2.94. The van der Waals surface area contributed by atoms with Crippen molar-refractivity contribution >= 4 is 23.2 Å². The minimum absolute atomic E-state index is 0.689. The predicted molar refractivity (Wildman–Crippen MR) is 52.2 cm³/mol. The van der Waals surface area contributed by atoms with Gasteiger partial charge in [0.2, 0.25) is 0 Å². The normalized spacial score (nSPS) is 13.7. The molecule has 4 heteroatoms. The van der Waals surface area contributed by atoms with Gasteiger partial charge in [-0.2, -0.15) is 0 Å². The third kappa shape index (κ3) is 0.939. The van der Waals surface area contributed by atoms with Crippen LogP contribution in [0.15, 0.2) is 34.2 Å². The molecule has 0 amide bonds. The first-order valence-corrected chi connectivity index (χ1v) is 4.19. The van der Waals surface area contributed by atoms with Gasteiger partial charge in [0, 0.05) is 5.56 Å². The summed E-state index contributed by atoms with van der Waals surface area (Å²) >= 11 is 0. The summed E-state index contributed by atoms with van der Waals surface area (Å²) in [6.07, 6.45) is 6.91. The molecule has 0 unspecified atom stereocenters. The van der Waals surface area contributed by atoms with E-state index in [-0.39, 0.29) is 0 Å². The Labute approximate surface area is 79.4 Å². The Morgan fingerprint density at radius 2 is 2.21 bits per heavy atom. The van der Waals surface area contributed by atoms with Crippen molar-refractivity contribution in [1.82, 2.24) is 5.16 Å². The zero-order valence-electron chi connectivity index (χ0n) is 7.18. The second kappa shape index (κ2) is 2.70. The number of allylic oxidation sites excluding steroid dienone is 1. The van der Waals surface area contributed by atoms with Gasteiger partial charge < -0.3 is 9.36 Å². The van der Waals surface area contributed by atoms with Gasteiger partial charge in [0.25, 0.3) is 0 Å².